The molecule has 1 aliphatic heterocycles. The van der Waals surface area contributed by atoms with E-state index in [0.29, 0.717) is 55.9 Å². The second-order valence-corrected chi connectivity index (χ2v) is 10.6. The topological polar surface area (TPSA) is 136 Å². The second-order valence-electron chi connectivity index (χ2n) is 8.64. The zero-order valence-corrected chi connectivity index (χ0v) is 22.0. The summed E-state index contributed by atoms with van der Waals surface area (Å²) in [7, 11) is -0.553. The number of likely N-dealkylation sites (N-methyl/N-ethyl adjacent to an activating group) is 1. The van der Waals surface area contributed by atoms with Crippen molar-refractivity contribution >= 4 is 21.1 Å². The van der Waals surface area contributed by atoms with Gasteiger partial charge in [0.25, 0.3) is 5.56 Å². The van der Waals surface area contributed by atoms with Gasteiger partial charge in [-0.2, -0.15) is 9.40 Å². The predicted octanol–water partition coefficient (Wildman–Crippen LogP) is 1.02. The van der Waals surface area contributed by atoms with Gasteiger partial charge in [-0.1, -0.05) is 20.3 Å². The molecule has 0 aromatic carbocycles. The minimum Gasteiger partial charge on any atom is -0.475 e. The summed E-state index contributed by atoms with van der Waals surface area (Å²) in [6, 6.07) is 1.47. The third-order valence-corrected chi connectivity index (χ3v) is 8.14. The normalized spacial score (nSPS) is 15.6. The number of pyridine rings is 1. The van der Waals surface area contributed by atoms with Crippen molar-refractivity contribution < 1.29 is 17.9 Å². The van der Waals surface area contributed by atoms with Crippen molar-refractivity contribution in [3.8, 4) is 17.3 Å². The highest BCUT2D eigenvalue weighted by atomic mass is 32.2. The monoisotopic (exact) mass is 519 g/mol. The van der Waals surface area contributed by atoms with E-state index >= 15 is 0 Å². The van der Waals surface area contributed by atoms with Gasteiger partial charge in [0, 0.05) is 40.3 Å². The van der Waals surface area contributed by atoms with Crippen molar-refractivity contribution in [3.05, 3.63) is 28.3 Å². The lowest BCUT2D eigenvalue weighted by Crippen LogP contribution is -2.48. The average molecular weight is 520 g/mol. The van der Waals surface area contributed by atoms with Crippen molar-refractivity contribution in [2.45, 2.75) is 31.6 Å². The van der Waals surface area contributed by atoms with Gasteiger partial charge in [-0.15, -0.1) is 0 Å². The van der Waals surface area contributed by atoms with Crippen LogP contribution in [0.1, 0.15) is 26.0 Å². The Morgan fingerprint density at radius 3 is 2.56 bits per heavy atom. The summed E-state index contributed by atoms with van der Waals surface area (Å²) < 4.78 is 40.7. The summed E-state index contributed by atoms with van der Waals surface area (Å²) in [6.45, 7) is 7.60. The van der Waals surface area contributed by atoms with E-state index in [1.807, 2.05) is 6.92 Å². The molecule has 0 unspecified atom stereocenters. The zero-order valence-electron chi connectivity index (χ0n) is 21.2. The first-order valence-corrected chi connectivity index (χ1v) is 13.5. The number of hydrogen-bond acceptors (Lipinski definition) is 9. The number of aromatic nitrogens is 5. The van der Waals surface area contributed by atoms with Gasteiger partial charge in [-0.3, -0.25) is 9.48 Å². The summed E-state index contributed by atoms with van der Waals surface area (Å²) in [5.41, 5.74) is 1.44. The van der Waals surface area contributed by atoms with Gasteiger partial charge in [0.05, 0.1) is 24.1 Å². The Kier molecular flexibility index (Phi) is 8.03. The van der Waals surface area contributed by atoms with Crippen LogP contribution in [0, 0.1) is 0 Å². The largest absolute Gasteiger partial charge is 0.475 e. The average Bonchev–Trinajstić information content (AvgIpc) is 3.19. The first-order valence-electron chi connectivity index (χ1n) is 12.1. The second kappa shape index (κ2) is 11.0. The Bertz CT molecular complexity index is 1380. The maximum Gasteiger partial charge on any atom is 0.277 e. The Labute approximate surface area is 210 Å². The molecule has 3 aromatic rings. The molecule has 0 radical (unpaired) electrons. The molecule has 196 valence electrons. The SMILES string of the molecule is CCCc1nn(C)c2c(=O)[nH]c(-c3cc(S(=O)(=O)N4CCN(CC)CC4)cnc3OCCOC)nc12. The van der Waals surface area contributed by atoms with Gasteiger partial charge < -0.3 is 19.4 Å². The van der Waals surface area contributed by atoms with Gasteiger partial charge in [0.1, 0.15) is 22.8 Å². The lowest BCUT2D eigenvalue weighted by atomic mass is 10.2. The minimum atomic E-state index is -3.80. The molecule has 13 heteroatoms. The molecule has 0 spiro atoms. The molecule has 1 saturated heterocycles. The Hall–Kier alpha value is -2.87. The van der Waals surface area contributed by atoms with E-state index in [9.17, 15) is 13.2 Å². The Morgan fingerprint density at radius 1 is 1.14 bits per heavy atom. The number of aromatic amines is 1. The third-order valence-electron chi connectivity index (χ3n) is 6.27. The van der Waals surface area contributed by atoms with E-state index < -0.39 is 10.0 Å². The van der Waals surface area contributed by atoms with Crippen molar-refractivity contribution in [3.63, 3.8) is 0 Å². The molecule has 4 heterocycles. The highest BCUT2D eigenvalue weighted by Crippen LogP contribution is 2.30. The number of fused-ring (bicyclic) bond motifs is 1. The molecule has 1 aliphatic rings. The van der Waals surface area contributed by atoms with Crippen molar-refractivity contribution in [1.82, 2.24) is 33.9 Å². The molecular formula is C23H33N7O5S. The minimum absolute atomic E-state index is 0.0178. The van der Waals surface area contributed by atoms with Crippen LogP contribution in [0.5, 0.6) is 5.88 Å². The lowest BCUT2D eigenvalue weighted by Gasteiger charge is -2.33. The number of methoxy groups -OCH3 is 1. The zero-order chi connectivity index (χ0) is 25.9. The van der Waals surface area contributed by atoms with Gasteiger partial charge >= 0.3 is 0 Å². The number of aryl methyl sites for hydroxylation is 2. The molecule has 0 aliphatic carbocycles. The standard InChI is InChI=1S/C23H33N7O5S/c1-5-7-18-19-20(28(3)27-18)22(31)26-21(25-19)17-14-16(15-24-23(17)35-13-12-34-4)36(32,33)30-10-8-29(6-2)9-11-30/h14-15H,5-13H2,1-4H3,(H,25,26,31). The molecule has 36 heavy (non-hydrogen) atoms. The van der Waals surface area contributed by atoms with Crippen LogP contribution in [0.15, 0.2) is 22.0 Å². The van der Waals surface area contributed by atoms with Crippen LogP contribution in [-0.4, -0.2) is 95.4 Å². The van der Waals surface area contributed by atoms with Crippen molar-refractivity contribution in [2.75, 3.05) is 53.0 Å². The summed E-state index contributed by atoms with van der Waals surface area (Å²) in [5.74, 6) is 0.329. The summed E-state index contributed by atoms with van der Waals surface area (Å²) in [4.78, 5) is 27.0. The van der Waals surface area contributed by atoms with Crippen LogP contribution < -0.4 is 10.3 Å². The lowest BCUT2D eigenvalue weighted by molar-refractivity contribution is 0.144. The maximum absolute atomic E-state index is 13.5. The molecule has 3 aromatic heterocycles. The number of rotatable bonds is 10. The fourth-order valence-corrected chi connectivity index (χ4v) is 5.69. The molecule has 0 atom stereocenters. The fourth-order valence-electron chi connectivity index (χ4n) is 4.30. The van der Waals surface area contributed by atoms with Gasteiger partial charge in [-0.05, 0) is 19.0 Å². The molecular weight excluding hydrogens is 486 g/mol. The number of ether oxygens (including phenoxy) is 2. The number of piperazine rings is 1. The molecule has 0 bridgehead atoms. The Morgan fingerprint density at radius 2 is 1.89 bits per heavy atom. The van der Waals surface area contributed by atoms with Crippen LogP contribution >= 0.6 is 0 Å². The Balaban J connectivity index is 1.80. The first-order chi connectivity index (χ1) is 17.3. The maximum atomic E-state index is 13.5. The molecule has 12 nitrogen and oxygen atoms in total. The summed E-state index contributed by atoms with van der Waals surface area (Å²) >= 11 is 0. The molecule has 1 fully saturated rings. The van der Waals surface area contributed by atoms with Gasteiger partial charge in [0.15, 0.2) is 5.52 Å². The van der Waals surface area contributed by atoms with Gasteiger partial charge in [-0.25, -0.2) is 18.4 Å². The van der Waals surface area contributed by atoms with Crippen LogP contribution in [0.3, 0.4) is 0 Å². The van der Waals surface area contributed by atoms with Crippen molar-refractivity contribution in [1.29, 1.82) is 0 Å². The van der Waals surface area contributed by atoms with E-state index in [1.165, 1.54) is 21.3 Å². The smallest absolute Gasteiger partial charge is 0.277 e. The highest BCUT2D eigenvalue weighted by Gasteiger charge is 2.30. The predicted molar refractivity (Wildman–Crippen MR) is 135 cm³/mol. The number of nitrogens with one attached hydrogen (secondary N) is 1. The number of sulfonamides is 1. The highest BCUT2D eigenvalue weighted by molar-refractivity contribution is 7.89. The number of hydrogen-bond donors (Lipinski definition) is 1. The van der Waals surface area contributed by atoms with E-state index in [1.54, 1.807) is 14.2 Å². The quantitative estimate of drug-likeness (QED) is 0.389. The number of H-pyrrole nitrogens is 1. The van der Waals surface area contributed by atoms with Crippen LogP contribution in [0.25, 0.3) is 22.4 Å². The van der Waals surface area contributed by atoms with E-state index in [2.05, 4.69) is 31.9 Å². The molecule has 4 rings (SSSR count). The van der Waals surface area contributed by atoms with E-state index in [-0.39, 0.29) is 34.3 Å². The third kappa shape index (κ3) is 5.14. The van der Waals surface area contributed by atoms with Crippen LogP contribution in [0.2, 0.25) is 0 Å². The van der Waals surface area contributed by atoms with Crippen LogP contribution in [-0.2, 0) is 28.2 Å². The molecule has 0 saturated carbocycles. The van der Waals surface area contributed by atoms with E-state index in [0.717, 1.165) is 13.0 Å². The molecule has 0 amide bonds. The van der Waals surface area contributed by atoms with Crippen LogP contribution in [0.4, 0.5) is 0 Å². The summed E-state index contributed by atoms with van der Waals surface area (Å²) in [5, 5.41) is 4.45. The number of nitrogens with zero attached hydrogens (tertiary/aromatic N) is 6. The summed E-state index contributed by atoms with van der Waals surface area (Å²) in [6.07, 6.45) is 2.78. The van der Waals surface area contributed by atoms with Crippen molar-refractivity contribution in [2.24, 2.45) is 7.05 Å². The van der Waals surface area contributed by atoms with E-state index in [4.69, 9.17) is 9.47 Å². The molecule has 1 N–H and O–H groups in total. The van der Waals surface area contributed by atoms with Gasteiger partial charge in [0.2, 0.25) is 15.9 Å². The first kappa shape index (κ1) is 26.2. The fraction of sp³-hybridized carbons (Fsp3) is 0.565.